The third kappa shape index (κ3) is 2.34. The van der Waals surface area contributed by atoms with Crippen LogP contribution in [0.4, 0.5) is 0 Å². The zero-order valence-electron chi connectivity index (χ0n) is 9.23. The Labute approximate surface area is 93.3 Å². The second kappa shape index (κ2) is 4.26. The summed E-state index contributed by atoms with van der Waals surface area (Å²) in [5.74, 6) is 0.404. The quantitative estimate of drug-likeness (QED) is 0.738. The zero-order valence-corrected chi connectivity index (χ0v) is 9.23. The third-order valence-electron chi connectivity index (χ3n) is 2.21. The molecule has 0 saturated carbocycles. The highest BCUT2D eigenvalue weighted by Crippen LogP contribution is 2.09. The van der Waals surface area contributed by atoms with Crippen LogP contribution in [-0.2, 0) is 6.42 Å². The molecule has 0 aliphatic heterocycles. The molecular formula is C12H12N2O2. The Balaban J connectivity index is 2.17. The topological polar surface area (TPSA) is 56.0 Å². The standard InChI is InChI=1S/C12H12N2O2/c1-8-4-3-5-10(6-8)7-11-13-12(9(2)15)16-14-11/h3-6H,7H2,1-2H3. The number of rotatable bonds is 3. The molecule has 1 aromatic heterocycles. The normalized spacial score (nSPS) is 10.4. The summed E-state index contributed by atoms with van der Waals surface area (Å²) in [6, 6.07) is 8.07. The van der Waals surface area contributed by atoms with E-state index in [0.717, 1.165) is 5.56 Å². The van der Waals surface area contributed by atoms with Crippen molar-refractivity contribution >= 4 is 5.78 Å². The summed E-state index contributed by atoms with van der Waals surface area (Å²) in [6.07, 6.45) is 0.582. The molecule has 0 aliphatic rings. The van der Waals surface area contributed by atoms with Crippen LogP contribution in [0.15, 0.2) is 28.8 Å². The summed E-state index contributed by atoms with van der Waals surface area (Å²) in [5.41, 5.74) is 2.30. The third-order valence-corrected chi connectivity index (χ3v) is 2.21. The lowest BCUT2D eigenvalue weighted by atomic mass is 10.1. The van der Waals surface area contributed by atoms with Crippen LogP contribution >= 0.6 is 0 Å². The fourth-order valence-electron chi connectivity index (χ4n) is 1.47. The molecule has 0 N–H and O–H groups in total. The predicted molar refractivity (Wildman–Crippen MR) is 58.3 cm³/mol. The number of carbonyl (C=O) groups is 1. The molecule has 2 rings (SSSR count). The summed E-state index contributed by atoms with van der Waals surface area (Å²) in [5, 5.41) is 3.76. The van der Waals surface area contributed by atoms with Gasteiger partial charge in [-0.2, -0.15) is 4.98 Å². The van der Waals surface area contributed by atoms with Gasteiger partial charge in [-0.25, -0.2) is 0 Å². The van der Waals surface area contributed by atoms with Gasteiger partial charge in [0.05, 0.1) is 0 Å². The van der Waals surface area contributed by atoms with Gasteiger partial charge in [0.15, 0.2) is 5.82 Å². The van der Waals surface area contributed by atoms with E-state index in [-0.39, 0.29) is 11.7 Å². The lowest BCUT2D eigenvalue weighted by Crippen LogP contribution is -1.94. The first kappa shape index (κ1) is 10.5. The molecule has 0 amide bonds. The molecule has 82 valence electrons. The molecule has 0 fully saturated rings. The van der Waals surface area contributed by atoms with Gasteiger partial charge in [-0.3, -0.25) is 4.79 Å². The van der Waals surface area contributed by atoms with Crippen molar-refractivity contribution < 1.29 is 9.32 Å². The van der Waals surface area contributed by atoms with Crippen molar-refractivity contribution in [2.24, 2.45) is 0 Å². The Bertz CT molecular complexity index is 517. The van der Waals surface area contributed by atoms with Crippen molar-refractivity contribution in [1.82, 2.24) is 10.1 Å². The van der Waals surface area contributed by atoms with Gasteiger partial charge in [0, 0.05) is 13.3 Å². The first-order chi connectivity index (χ1) is 7.65. The van der Waals surface area contributed by atoms with Crippen LogP contribution in [0, 0.1) is 6.92 Å². The monoisotopic (exact) mass is 216 g/mol. The Kier molecular flexibility index (Phi) is 2.81. The van der Waals surface area contributed by atoms with Gasteiger partial charge >= 0.3 is 0 Å². The van der Waals surface area contributed by atoms with E-state index in [0.29, 0.717) is 12.2 Å². The van der Waals surface area contributed by atoms with E-state index < -0.39 is 0 Å². The molecule has 0 saturated heterocycles. The van der Waals surface area contributed by atoms with Crippen LogP contribution in [0.25, 0.3) is 0 Å². The maximum absolute atomic E-state index is 11.0. The molecule has 1 aromatic carbocycles. The van der Waals surface area contributed by atoms with Crippen LogP contribution in [0.1, 0.15) is 34.6 Å². The molecule has 0 spiro atoms. The Morgan fingerprint density at radius 1 is 1.44 bits per heavy atom. The maximum Gasteiger partial charge on any atom is 0.293 e. The van der Waals surface area contributed by atoms with Gasteiger partial charge < -0.3 is 4.52 Å². The fraction of sp³-hybridized carbons (Fsp3) is 0.250. The Hall–Kier alpha value is -1.97. The summed E-state index contributed by atoms with van der Waals surface area (Å²) in [7, 11) is 0. The molecule has 1 heterocycles. The number of aryl methyl sites for hydroxylation is 1. The number of Topliss-reactive ketones (excluding diaryl/α,β-unsaturated/α-hetero) is 1. The average Bonchev–Trinajstić information content (AvgIpc) is 2.66. The molecule has 0 radical (unpaired) electrons. The molecule has 2 aromatic rings. The van der Waals surface area contributed by atoms with Crippen LogP contribution in [-0.4, -0.2) is 15.9 Å². The van der Waals surface area contributed by atoms with Crippen molar-refractivity contribution in [3.8, 4) is 0 Å². The number of hydrogen-bond acceptors (Lipinski definition) is 4. The second-order valence-corrected chi connectivity index (χ2v) is 3.74. The molecule has 0 atom stereocenters. The fourth-order valence-corrected chi connectivity index (χ4v) is 1.47. The van der Waals surface area contributed by atoms with Gasteiger partial charge in [0.2, 0.25) is 5.78 Å². The number of nitrogens with zero attached hydrogens (tertiary/aromatic N) is 2. The highest BCUT2D eigenvalue weighted by Gasteiger charge is 2.10. The van der Waals surface area contributed by atoms with E-state index in [1.807, 2.05) is 25.1 Å². The summed E-state index contributed by atoms with van der Waals surface area (Å²) in [6.45, 7) is 3.44. The van der Waals surface area contributed by atoms with E-state index in [1.165, 1.54) is 12.5 Å². The highest BCUT2D eigenvalue weighted by molar-refractivity contribution is 5.89. The first-order valence-electron chi connectivity index (χ1n) is 5.04. The van der Waals surface area contributed by atoms with E-state index in [2.05, 4.69) is 16.2 Å². The Morgan fingerprint density at radius 3 is 2.88 bits per heavy atom. The van der Waals surface area contributed by atoms with E-state index in [1.54, 1.807) is 0 Å². The number of aromatic nitrogens is 2. The minimum absolute atomic E-state index is 0.0719. The summed E-state index contributed by atoms with van der Waals surface area (Å²) < 4.78 is 4.82. The first-order valence-corrected chi connectivity index (χ1v) is 5.04. The number of hydrogen-bond donors (Lipinski definition) is 0. The molecule has 16 heavy (non-hydrogen) atoms. The van der Waals surface area contributed by atoms with Crippen LogP contribution in [0.3, 0.4) is 0 Å². The lowest BCUT2D eigenvalue weighted by Gasteiger charge is -1.97. The predicted octanol–water partition coefficient (Wildman–Crippen LogP) is 2.17. The van der Waals surface area contributed by atoms with Crippen molar-refractivity contribution in [3.05, 3.63) is 47.1 Å². The van der Waals surface area contributed by atoms with Crippen LogP contribution in [0.2, 0.25) is 0 Å². The largest absolute Gasteiger partial charge is 0.331 e. The van der Waals surface area contributed by atoms with E-state index in [9.17, 15) is 4.79 Å². The van der Waals surface area contributed by atoms with E-state index >= 15 is 0 Å². The van der Waals surface area contributed by atoms with Crippen molar-refractivity contribution in [2.75, 3.05) is 0 Å². The summed E-state index contributed by atoms with van der Waals surface area (Å²) >= 11 is 0. The van der Waals surface area contributed by atoms with Gasteiger partial charge in [-0.1, -0.05) is 35.0 Å². The molecular weight excluding hydrogens is 204 g/mol. The highest BCUT2D eigenvalue weighted by atomic mass is 16.5. The summed E-state index contributed by atoms with van der Waals surface area (Å²) in [4.78, 5) is 15.0. The van der Waals surface area contributed by atoms with Crippen molar-refractivity contribution in [2.45, 2.75) is 20.3 Å². The molecule has 4 nitrogen and oxygen atoms in total. The van der Waals surface area contributed by atoms with Crippen LogP contribution in [0.5, 0.6) is 0 Å². The molecule has 0 unspecified atom stereocenters. The number of benzene rings is 1. The Morgan fingerprint density at radius 2 is 2.25 bits per heavy atom. The minimum Gasteiger partial charge on any atom is -0.331 e. The van der Waals surface area contributed by atoms with Crippen molar-refractivity contribution in [1.29, 1.82) is 0 Å². The number of carbonyl (C=O) groups excluding carboxylic acids is 1. The number of ketones is 1. The molecule has 0 aliphatic carbocycles. The van der Waals surface area contributed by atoms with E-state index in [4.69, 9.17) is 4.52 Å². The van der Waals surface area contributed by atoms with Gasteiger partial charge in [-0.15, -0.1) is 0 Å². The van der Waals surface area contributed by atoms with Gasteiger partial charge in [0.25, 0.3) is 5.89 Å². The minimum atomic E-state index is -0.206. The smallest absolute Gasteiger partial charge is 0.293 e. The zero-order chi connectivity index (χ0) is 11.5. The van der Waals surface area contributed by atoms with Gasteiger partial charge in [0.1, 0.15) is 0 Å². The molecule has 0 bridgehead atoms. The van der Waals surface area contributed by atoms with Crippen molar-refractivity contribution in [3.63, 3.8) is 0 Å². The maximum atomic E-state index is 11.0. The second-order valence-electron chi connectivity index (χ2n) is 3.74. The van der Waals surface area contributed by atoms with Crippen LogP contribution < -0.4 is 0 Å². The van der Waals surface area contributed by atoms with Gasteiger partial charge in [-0.05, 0) is 12.5 Å². The SMILES string of the molecule is CC(=O)c1nc(Cc2cccc(C)c2)no1. The molecule has 4 heteroatoms. The average molecular weight is 216 g/mol. The lowest BCUT2D eigenvalue weighted by molar-refractivity contribution is 0.0972.